The third kappa shape index (κ3) is 2.40. The first kappa shape index (κ1) is 13.1. The lowest BCUT2D eigenvalue weighted by Gasteiger charge is -1.99. The number of nitrogens with zero attached hydrogens (tertiary/aromatic N) is 1. The summed E-state index contributed by atoms with van der Waals surface area (Å²) in [6.07, 6.45) is 0.828. The van der Waals surface area contributed by atoms with Gasteiger partial charge in [0, 0.05) is 11.6 Å². The molecule has 5 heteroatoms. The zero-order valence-electron chi connectivity index (χ0n) is 10.6. The normalized spacial score (nSPS) is 11.2. The Hall–Kier alpha value is -1.91. The fraction of sp³-hybridized carbons (Fsp3) is 0.133. The van der Waals surface area contributed by atoms with Crippen LogP contribution in [0.1, 0.15) is 5.56 Å². The van der Waals surface area contributed by atoms with Crippen LogP contribution in [0.15, 0.2) is 40.8 Å². The van der Waals surface area contributed by atoms with Gasteiger partial charge in [0.2, 0.25) is 5.89 Å². The lowest BCUT2D eigenvalue weighted by atomic mass is 10.1. The van der Waals surface area contributed by atoms with E-state index in [1.54, 1.807) is 0 Å². The van der Waals surface area contributed by atoms with Gasteiger partial charge in [-0.1, -0.05) is 23.7 Å². The standard InChI is InChI=1S/C15H12ClFN2O/c16-11-7-13-14(8-12(11)17)20-15(19-13)10-3-1-9(2-4-10)5-6-18/h1-4,7-8H,5-6,18H2. The highest BCUT2D eigenvalue weighted by Crippen LogP contribution is 2.28. The van der Waals surface area contributed by atoms with Crippen molar-refractivity contribution in [1.82, 2.24) is 4.98 Å². The Balaban J connectivity index is 2.01. The topological polar surface area (TPSA) is 52.0 Å². The first-order valence-electron chi connectivity index (χ1n) is 6.22. The van der Waals surface area contributed by atoms with Crippen LogP contribution in [0.3, 0.4) is 0 Å². The maximum atomic E-state index is 13.4. The van der Waals surface area contributed by atoms with E-state index in [1.807, 2.05) is 24.3 Å². The number of hydrogen-bond acceptors (Lipinski definition) is 3. The highest BCUT2D eigenvalue weighted by Gasteiger charge is 2.11. The minimum Gasteiger partial charge on any atom is -0.436 e. The Bertz CT molecular complexity index is 713. The number of fused-ring (bicyclic) bond motifs is 1. The van der Waals surface area contributed by atoms with Crippen molar-refractivity contribution in [1.29, 1.82) is 0 Å². The molecule has 0 saturated carbocycles. The van der Waals surface area contributed by atoms with E-state index in [-0.39, 0.29) is 5.02 Å². The summed E-state index contributed by atoms with van der Waals surface area (Å²) in [4.78, 5) is 4.32. The van der Waals surface area contributed by atoms with E-state index in [0.717, 1.165) is 17.5 Å². The van der Waals surface area contributed by atoms with Gasteiger partial charge in [0.15, 0.2) is 5.58 Å². The highest BCUT2D eigenvalue weighted by atomic mass is 35.5. The molecule has 2 N–H and O–H groups in total. The highest BCUT2D eigenvalue weighted by molar-refractivity contribution is 6.31. The van der Waals surface area contributed by atoms with E-state index in [0.29, 0.717) is 23.5 Å². The van der Waals surface area contributed by atoms with Crippen LogP contribution in [-0.2, 0) is 6.42 Å². The summed E-state index contributed by atoms with van der Waals surface area (Å²) < 4.78 is 18.9. The molecule has 1 aromatic heterocycles. The van der Waals surface area contributed by atoms with Gasteiger partial charge in [0.05, 0.1) is 5.02 Å². The Morgan fingerprint density at radius 2 is 1.95 bits per heavy atom. The van der Waals surface area contributed by atoms with Gasteiger partial charge in [0.1, 0.15) is 11.3 Å². The van der Waals surface area contributed by atoms with Crippen molar-refractivity contribution in [2.24, 2.45) is 5.73 Å². The van der Waals surface area contributed by atoms with Crippen molar-refractivity contribution in [3.8, 4) is 11.5 Å². The molecule has 0 amide bonds. The molecule has 1 heterocycles. The molecule has 2 aromatic carbocycles. The quantitative estimate of drug-likeness (QED) is 0.798. The lowest BCUT2D eigenvalue weighted by molar-refractivity contribution is 0.602. The van der Waals surface area contributed by atoms with E-state index in [1.165, 1.54) is 12.1 Å². The number of nitrogens with two attached hydrogens (primary N) is 1. The van der Waals surface area contributed by atoms with Gasteiger partial charge in [-0.15, -0.1) is 0 Å². The van der Waals surface area contributed by atoms with Gasteiger partial charge in [-0.3, -0.25) is 0 Å². The second kappa shape index (κ2) is 5.23. The number of rotatable bonds is 3. The summed E-state index contributed by atoms with van der Waals surface area (Å²) in [6.45, 7) is 0.611. The SMILES string of the molecule is NCCc1ccc(-c2nc3cc(Cl)c(F)cc3o2)cc1. The molecule has 0 spiro atoms. The summed E-state index contributed by atoms with van der Waals surface area (Å²) in [6, 6.07) is 10.5. The fourth-order valence-electron chi connectivity index (χ4n) is 2.03. The van der Waals surface area contributed by atoms with E-state index >= 15 is 0 Å². The van der Waals surface area contributed by atoms with Crippen LogP contribution in [0.5, 0.6) is 0 Å². The van der Waals surface area contributed by atoms with Crippen molar-refractivity contribution in [2.45, 2.75) is 6.42 Å². The molecule has 0 aliphatic carbocycles. The zero-order valence-corrected chi connectivity index (χ0v) is 11.3. The van der Waals surface area contributed by atoms with Gasteiger partial charge in [0.25, 0.3) is 0 Å². The average Bonchev–Trinajstić information content (AvgIpc) is 2.83. The van der Waals surface area contributed by atoms with Crippen molar-refractivity contribution in [3.63, 3.8) is 0 Å². The third-order valence-electron chi connectivity index (χ3n) is 3.06. The molecule has 0 unspecified atom stereocenters. The summed E-state index contributed by atoms with van der Waals surface area (Å²) >= 11 is 5.73. The van der Waals surface area contributed by atoms with Gasteiger partial charge in [-0.05, 0) is 36.7 Å². The zero-order chi connectivity index (χ0) is 14.1. The monoisotopic (exact) mass is 290 g/mol. The van der Waals surface area contributed by atoms with Gasteiger partial charge in [-0.2, -0.15) is 0 Å². The van der Waals surface area contributed by atoms with E-state index in [9.17, 15) is 4.39 Å². The molecule has 0 bridgehead atoms. The predicted molar refractivity (Wildman–Crippen MR) is 77.2 cm³/mol. The second-order valence-corrected chi connectivity index (χ2v) is 4.90. The van der Waals surface area contributed by atoms with Crippen molar-refractivity contribution in [3.05, 3.63) is 52.8 Å². The molecule has 0 aliphatic rings. The Kier molecular flexibility index (Phi) is 3.42. The van der Waals surface area contributed by atoms with Crippen LogP contribution >= 0.6 is 11.6 Å². The number of halogens is 2. The fourth-order valence-corrected chi connectivity index (χ4v) is 2.19. The first-order chi connectivity index (χ1) is 9.67. The minimum atomic E-state index is -0.514. The second-order valence-electron chi connectivity index (χ2n) is 4.49. The van der Waals surface area contributed by atoms with Crippen LogP contribution in [-0.4, -0.2) is 11.5 Å². The molecule has 0 radical (unpaired) electrons. The molecule has 3 rings (SSSR count). The Labute approximate surface area is 120 Å². The smallest absolute Gasteiger partial charge is 0.227 e. The number of oxazole rings is 1. The average molecular weight is 291 g/mol. The summed E-state index contributed by atoms with van der Waals surface area (Å²) in [7, 11) is 0. The summed E-state index contributed by atoms with van der Waals surface area (Å²) in [5, 5.41) is 0.0376. The van der Waals surface area contributed by atoms with Crippen molar-refractivity contribution in [2.75, 3.05) is 6.54 Å². The summed E-state index contributed by atoms with van der Waals surface area (Å²) in [5.41, 5.74) is 8.42. The molecule has 0 aliphatic heterocycles. The van der Waals surface area contributed by atoms with Gasteiger partial charge >= 0.3 is 0 Å². The van der Waals surface area contributed by atoms with Crippen LogP contribution < -0.4 is 5.73 Å². The molecule has 20 heavy (non-hydrogen) atoms. The summed E-state index contributed by atoms with van der Waals surface area (Å²) in [5.74, 6) is -0.0684. The maximum absolute atomic E-state index is 13.4. The molecule has 3 aromatic rings. The third-order valence-corrected chi connectivity index (χ3v) is 3.35. The predicted octanol–water partition coefficient (Wildman–Crippen LogP) is 3.79. The molecule has 0 saturated heterocycles. The van der Waals surface area contributed by atoms with E-state index in [2.05, 4.69) is 4.98 Å². The maximum Gasteiger partial charge on any atom is 0.227 e. The molecular formula is C15H12ClFN2O. The van der Waals surface area contributed by atoms with Crippen LogP contribution in [0, 0.1) is 5.82 Å². The first-order valence-corrected chi connectivity index (χ1v) is 6.60. The lowest BCUT2D eigenvalue weighted by Crippen LogP contribution is -2.02. The van der Waals surface area contributed by atoms with Crippen LogP contribution in [0.4, 0.5) is 4.39 Å². The van der Waals surface area contributed by atoms with Gasteiger partial charge in [-0.25, -0.2) is 9.37 Å². The van der Waals surface area contributed by atoms with E-state index < -0.39 is 5.82 Å². The molecular weight excluding hydrogens is 279 g/mol. The largest absolute Gasteiger partial charge is 0.436 e. The Morgan fingerprint density at radius 3 is 2.65 bits per heavy atom. The Morgan fingerprint density at radius 1 is 1.20 bits per heavy atom. The molecule has 3 nitrogen and oxygen atoms in total. The molecule has 0 fully saturated rings. The molecule has 0 atom stereocenters. The van der Waals surface area contributed by atoms with Crippen LogP contribution in [0.2, 0.25) is 5.02 Å². The van der Waals surface area contributed by atoms with Crippen molar-refractivity contribution < 1.29 is 8.81 Å². The minimum absolute atomic E-state index is 0.0376. The van der Waals surface area contributed by atoms with Crippen LogP contribution in [0.25, 0.3) is 22.6 Å². The number of benzene rings is 2. The van der Waals surface area contributed by atoms with Crippen molar-refractivity contribution >= 4 is 22.7 Å². The van der Waals surface area contributed by atoms with Gasteiger partial charge < -0.3 is 10.2 Å². The number of hydrogen-bond donors (Lipinski definition) is 1. The molecule has 102 valence electrons. The number of aromatic nitrogens is 1. The van der Waals surface area contributed by atoms with E-state index in [4.69, 9.17) is 21.8 Å².